The van der Waals surface area contributed by atoms with Crippen LogP contribution in [0, 0.1) is 0 Å². The van der Waals surface area contributed by atoms with Gasteiger partial charge in [0.1, 0.15) is 0 Å². The molecule has 1 amide bonds. The maximum Gasteiger partial charge on any atom is 0.416 e. The minimum atomic E-state index is -4.37. The number of nitrogens with one attached hydrogen (secondary N) is 3. The molecule has 0 aliphatic rings. The van der Waals surface area contributed by atoms with Crippen LogP contribution in [0.15, 0.2) is 46.8 Å². The number of alkyl halides is 3. The third-order valence-electron chi connectivity index (χ3n) is 3.69. The molecule has 0 saturated carbocycles. The summed E-state index contributed by atoms with van der Waals surface area (Å²) >= 11 is 1.39. The van der Waals surface area contributed by atoms with Crippen molar-refractivity contribution in [1.82, 2.24) is 16.0 Å². The van der Waals surface area contributed by atoms with E-state index in [9.17, 15) is 18.0 Å². The van der Waals surface area contributed by atoms with Crippen LogP contribution < -0.4 is 16.0 Å². The van der Waals surface area contributed by atoms with E-state index in [0.717, 1.165) is 12.1 Å². The number of aliphatic imine (C=N–C) groups is 1. The standard InChI is InChI=1S/C19H23F3N4OS/c1-2-23-18(25-10-5-9-24-17(27)16-8-4-11-28-16)26-13-14-6-3-7-15(12-14)19(20,21)22/h3-4,6-8,11-12H,2,5,9-10,13H2,1H3,(H,24,27)(H2,23,25,26). The van der Waals surface area contributed by atoms with E-state index < -0.39 is 11.7 Å². The fourth-order valence-electron chi connectivity index (χ4n) is 2.35. The van der Waals surface area contributed by atoms with E-state index in [-0.39, 0.29) is 12.5 Å². The fraction of sp³-hybridized carbons (Fsp3) is 0.368. The van der Waals surface area contributed by atoms with Crippen LogP contribution >= 0.6 is 11.3 Å². The highest BCUT2D eigenvalue weighted by atomic mass is 32.1. The number of amides is 1. The van der Waals surface area contributed by atoms with Crippen LogP contribution in [0.5, 0.6) is 0 Å². The molecule has 28 heavy (non-hydrogen) atoms. The van der Waals surface area contributed by atoms with Crippen molar-refractivity contribution < 1.29 is 18.0 Å². The Balaban J connectivity index is 1.79. The van der Waals surface area contributed by atoms with Gasteiger partial charge in [-0.1, -0.05) is 18.2 Å². The van der Waals surface area contributed by atoms with Crippen LogP contribution in [0.25, 0.3) is 0 Å². The molecule has 5 nitrogen and oxygen atoms in total. The van der Waals surface area contributed by atoms with Gasteiger partial charge in [0.05, 0.1) is 17.0 Å². The van der Waals surface area contributed by atoms with Crippen LogP contribution in [0.1, 0.15) is 34.1 Å². The van der Waals surface area contributed by atoms with Crippen molar-refractivity contribution in [1.29, 1.82) is 0 Å². The molecule has 1 heterocycles. The molecule has 1 aromatic carbocycles. The average Bonchev–Trinajstić information content (AvgIpc) is 3.20. The summed E-state index contributed by atoms with van der Waals surface area (Å²) in [5, 5.41) is 10.8. The second-order valence-corrected chi connectivity index (χ2v) is 6.85. The van der Waals surface area contributed by atoms with E-state index in [0.29, 0.717) is 42.5 Å². The summed E-state index contributed by atoms with van der Waals surface area (Å²) < 4.78 is 38.4. The predicted molar refractivity (Wildman–Crippen MR) is 106 cm³/mol. The number of hydrogen-bond acceptors (Lipinski definition) is 3. The highest BCUT2D eigenvalue weighted by molar-refractivity contribution is 7.12. The van der Waals surface area contributed by atoms with Crippen molar-refractivity contribution in [2.75, 3.05) is 19.6 Å². The van der Waals surface area contributed by atoms with E-state index >= 15 is 0 Å². The minimum absolute atomic E-state index is 0.0971. The Hall–Kier alpha value is -2.55. The fourth-order valence-corrected chi connectivity index (χ4v) is 2.99. The highest BCUT2D eigenvalue weighted by Crippen LogP contribution is 2.29. The van der Waals surface area contributed by atoms with Crippen LogP contribution in [-0.2, 0) is 12.7 Å². The van der Waals surface area contributed by atoms with Crippen LogP contribution in [0.3, 0.4) is 0 Å². The lowest BCUT2D eigenvalue weighted by atomic mass is 10.1. The molecule has 0 bridgehead atoms. The maximum atomic E-state index is 12.8. The molecule has 0 spiro atoms. The van der Waals surface area contributed by atoms with Gasteiger partial charge in [-0.05, 0) is 42.5 Å². The molecule has 2 aromatic rings. The maximum absolute atomic E-state index is 12.8. The van der Waals surface area contributed by atoms with E-state index in [2.05, 4.69) is 20.9 Å². The highest BCUT2D eigenvalue weighted by Gasteiger charge is 2.30. The summed E-state index contributed by atoms with van der Waals surface area (Å²) in [5.74, 6) is 0.421. The Labute approximate surface area is 166 Å². The van der Waals surface area contributed by atoms with Crippen molar-refractivity contribution in [3.05, 3.63) is 57.8 Å². The van der Waals surface area contributed by atoms with Gasteiger partial charge in [-0.2, -0.15) is 13.2 Å². The second-order valence-electron chi connectivity index (χ2n) is 5.91. The topological polar surface area (TPSA) is 65.5 Å². The molecule has 0 atom stereocenters. The minimum Gasteiger partial charge on any atom is -0.357 e. The van der Waals surface area contributed by atoms with Gasteiger partial charge in [0, 0.05) is 19.6 Å². The molecule has 0 unspecified atom stereocenters. The molecule has 9 heteroatoms. The Bertz CT molecular complexity index is 776. The van der Waals surface area contributed by atoms with Crippen molar-refractivity contribution in [3.63, 3.8) is 0 Å². The predicted octanol–water partition coefficient (Wildman–Crippen LogP) is 3.64. The zero-order valence-corrected chi connectivity index (χ0v) is 16.3. The van der Waals surface area contributed by atoms with Gasteiger partial charge in [-0.15, -0.1) is 11.3 Å². The first-order valence-electron chi connectivity index (χ1n) is 8.90. The smallest absolute Gasteiger partial charge is 0.357 e. The van der Waals surface area contributed by atoms with Gasteiger partial charge in [-0.3, -0.25) is 4.79 Å². The van der Waals surface area contributed by atoms with Gasteiger partial charge < -0.3 is 16.0 Å². The Morgan fingerprint density at radius 2 is 1.89 bits per heavy atom. The van der Waals surface area contributed by atoms with Crippen molar-refractivity contribution in [2.45, 2.75) is 26.1 Å². The molecule has 152 valence electrons. The summed E-state index contributed by atoms with van der Waals surface area (Å²) in [7, 11) is 0. The number of thiophene rings is 1. The third-order valence-corrected chi connectivity index (χ3v) is 4.56. The molecule has 1 aromatic heterocycles. The first-order chi connectivity index (χ1) is 13.4. The average molecular weight is 412 g/mol. The molecule has 3 N–H and O–H groups in total. The molecule has 0 radical (unpaired) electrons. The van der Waals surface area contributed by atoms with E-state index in [4.69, 9.17) is 0 Å². The normalized spacial score (nSPS) is 11.9. The molecule has 0 aliphatic carbocycles. The van der Waals surface area contributed by atoms with Gasteiger partial charge in [0.25, 0.3) is 5.91 Å². The Morgan fingerprint density at radius 1 is 1.11 bits per heavy atom. The van der Waals surface area contributed by atoms with Crippen molar-refractivity contribution in [2.24, 2.45) is 4.99 Å². The third kappa shape index (κ3) is 7.22. The van der Waals surface area contributed by atoms with Gasteiger partial charge >= 0.3 is 6.18 Å². The van der Waals surface area contributed by atoms with E-state index in [1.54, 1.807) is 12.1 Å². The summed E-state index contributed by atoms with van der Waals surface area (Å²) in [5.41, 5.74) is -0.199. The molecule has 2 rings (SSSR count). The largest absolute Gasteiger partial charge is 0.416 e. The van der Waals surface area contributed by atoms with Gasteiger partial charge in [-0.25, -0.2) is 4.99 Å². The lowest BCUT2D eigenvalue weighted by molar-refractivity contribution is -0.137. The second kappa shape index (κ2) is 10.7. The summed E-state index contributed by atoms with van der Waals surface area (Å²) in [6.07, 6.45) is -3.68. The summed E-state index contributed by atoms with van der Waals surface area (Å²) in [4.78, 5) is 16.8. The number of carbonyl (C=O) groups is 1. The lowest BCUT2D eigenvalue weighted by Gasteiger charge is -2.12. The summed E-state index contributed by atoms with van der Waals surface area (Å²) in [6, 6.07) is 8.73. The van der Waals surface area contributed by atoms with Gasteiger partial charge in [0.15, 0.2) is 5.96 Å². The lowest BCUT2D eigenvalue weighted by Crippen LogP contribution is -2.38. The van der Waals surface area contributed by atoms with Crippen LogP contribution in [-0.4, -0.2) is 31.5 Å². The monoisotopic (exact) mass is 412 g/mol. The zero-order chi connectivity index (χ0) is 20.4. The number of nitrogens with zero attached hydrogens (tertiary/aromatic N) is 1. The van der Waals surface area contributed by atoms with Crippen molar-refractivity contribution >= 4 is 23.2 Å². The van der Waals surface area contributed by atoms with E-state index in [1.165, 1.54) is 17.4 Å². The molecule has 0 saturated heterocycles. The van der Waals surface area contributed by atoms with Gasteiger partial charge in [0.2, 0.25) is 0 Å². The zero-order valence-electron chi connectivity index (χ0n) is 15.5. The number of rotatable bonds is 8. The Kier molecular flexibility index (Phi) is 8.31. The Morgan fingerprint density at radius 3 is 2.57 bits per heavy atom. The molecule has 0 aliphatic heterocycles. The molecular formula is C19H23F3N4OS. The van der Waals surface area contributed by atoms with E-state index in [1.807, 2.05) is 18.4 Å². The summed E-state index contributed by atoms with van der Waals surface area (Å²) in [6.45, 7) is 3.75. The quantitative estimate of drug-likeness (QED) is 0.352. The number of guanidine groups is 1. The van der Waals surface area contributed by atoms with Crippen LogP contribution in [0.2, 0.25) is 0 Å². The SMILES string of the molecule is CCNC(=NCc1cccc(C(F)(F)F)c1)NCCCNC(=O)c1cccs1. The molecule has 0 fully saturated rings. The van der Waals surface area contributed by atoms with Crippen LogP contribution in [0.4, 0.5) is 13.2 Å². The number of benzene rings is 1. The number of halogens is 3. The number of hydrogen-bond donors (Lipinski definition) is 3. The first-order valence-corrected chi connectivity index (χ1v) is 9.78. The number of carbonyl (C=O) groups excluding carboxylic acids is 1. The molecular weight excluding hydrogens is 389 g/mol. The van der Waals surface area contributed by atoms with Crippen molar-refractivity contribution in [3.8, 4) is 0 Å². The first kappa shape index (κ1) is 21.7.